The lowest BCUT2D eigenvalue weighted by atomic mass is 9.81. The Morgan fingerprint density at radius 3 is 2.35 bits per heavy atom. The fourth-order valence-electron chi connectivity index (χ4n) is 2.52. The van der Waals surface area contributed by atoms with Gasteiger partial charge in [0.15, 0.2) is 0 Å². The molecule has 0 radical (unpaired) electrons. The minimum Gasteiger partial charge on any atom is -0.324 e. The maximum absolute atomic E-state index is 13.5. The van der Waals surface area contributed by atoms with Crippen molar-refractivity contribution in [1.82, 2.24) is 0 Å². The fraction of sp³-hybridized carbons (Fsp3) is 0.538. The van der Waals surface area contributed by atoms with E-state index in [9.17, 15) is 8.78 Å². The molecule has 0 heterocycles. The number of halogens is 3. The Kier molecular flexibility index (Phi) is 5.34. The fourth-order valence-corrected chi connectivity index (χ4v) is 2.52. The van der Waals surface area contributed by atoms with Gasteiger partial charge in [-0.25, -0.2) is 8.78 Å². The molecule has 1 aliphatic carbocycles. The zero-order chi connectivity index (χ0) is 11.5. The van der Waals surface area contributed by atoms with Gasteiger partial charge in [0.25, 0.3) is 0 Å². The molecule has 0 saturated heterocycles. The van der Waals surface area contributed by atoms with Gasteiger partial charge in [0.1, 0.15) is 11.6 Å². The summed E-state index contributed by atoms with van der Waals surface area (Å²) in [4.78, 5) is 0. The van der Waals surface area contributed by atoms with E-state index < -0.39 is 11.6 Å². The molecular formula is C13H18ClF2N. The molecule has 0 unspecified atom stereocenters. The van der Waals surface area contributed by atoms with E-state index in [1.165, 1.54) is 31.4 Å². The van der Waals surface area contributed by atoms with E-state index in [4.69, 9.17) is 5.73 Å². The summed E-state index contributed by atoms with van der Waals surface area (Å²) in [6.07, 6.45) is 5.69. The van der Waals surface area contributed by atoms with Gasteiger partial charge in [0.05, 0.1) is 0 Å². The van der Waals surface area contributed by atoms with Gasteiger partial charge in [0.2, 0.25) is 0 Å². The Morgan fingerprint density at radius 1 is 1.12 bits per heavy atom. The van der Waals surface area contributed by atoms with Gasteiger partial charge >= 0.3 is 0 Å². The van der Waals surface area contributed by atoms with E-state index in [1.54, 1.807) is 0 Å². The lowest BCUT2D eigenvalue weighted by Crippen LogP contribution is -2.24. The Hall–Kier alpha value is -0.670. The van der Waals surface area contributed by atoms with Crippen molar-refractivity contribution in [3.8, 4) is 0 Å². The van der Waals surface area contributed by atoms with Crippen LogP contribution in [0.25, 0.3) is 0 Å². The third-order valence-electron chi connectivity index (χ3n) is 3.48. The maximum atomic E-state index is 13.5. The van der Waals surface area contributed by atoms with Crippen LogP contribution in [0.1, 0.15) is 43.7 Å². The van der Waals surface area contributed by atoms with E-state index in [-0.39, 0.29) is 18.4 Å². The third kappa shape index (κ3) is 3.39. The Balaban J connectivity index is 0.00000144. The van der Waals surface area contributed by atoms with Crippen molar-refractivity contribution in [3.63, 3.8) is 0 Å². The predicted molar refractivity (Wildman–Crippen MR) is 67.1 cm³/mol. The number of hydrogen-bond donors (Lipinski definition) is 1. The van der Waals surface area contributed by atoms with Gasteiger partial charge in [0, 0.05) is 17.7 Å². The molecule has 2 rings (SSSR count). The average molecular weight is 262 g/mol. The van der Waals surface area contributed by atoms with Gasteiger partial charge in [-0.3, -0.25) is 0 Å². The van der Waals surface area contributed by atoms with Crippen molar-refractivity contribution in [2.45, 2.75) is 38.1 Å². The largest absolute Gasteiger partial charge is 0.324 e. The molecule has 1 fully saturated rings. The minimum absolute atomic E-state index is 0. The van der Waals surface area contributed by atoms with Crippen LogP contribution in [0.4, 0.5) is 8.78 Å². The summed E-state index contributed by atoms with van der Waals surface area (Å²) in [5, 5.41) is 0. The number of hydrogen-bond acceptors (Lipinski definition) is 1. The van der Waals surface area contributed by atoms with Crippen LogP contribution in [-0.4, -0.2) is 0 Å². The molecule has 1 atom stereocenters. The molecule has 96 valence electrons. The minimum atomic E-state index is -0.544. The van der Waals surface area contributed by atoms with Gasteiger partial charge in [-0.1, -0.05) is 25.3 Å². The van der Waals surface area contributed by atoms with E-state index in [2.05, 4.69) is 0 Å². The molecule has 0 aliphatic heterocycles. The standard InChI is InChI=1S/C13H17F2N.ClH/c14-10-6-7-11(12(15)8-10)13(16)9-4-2-1-3-5-9;/h6-9,13H,1-5,16H2;1H/t13-;/m0./s1. The molecule has 0 aromatic heterocycles. The monoisotopic (exact) mass is 261 g/mol. The highest BCUT2D eigenvalue weighted by Crippen LogP contribution is 2.33. The van der Waals surface area contributed by atoms with Crippen LogP contribution in [-0.2, 0) is 0 Å². The van der Waals surface area contributed by atoms with Crippen molar-refractivity contribution in [2.24, 2.45) is 11.7 Å². The quantitative estimate of drug-likeness (QED) is 0.857. The lowest BCUT2D eigenvalue weighted by Gasteiger charge is -2.27. The van der Waals surface area contributed by atoms with Crippen molar-refractivity contribution in [3.05, 3.63) is 35.4 Å². The molecule has 1 aliphatic rings. The molecule has 0 amide bonds. The van der Waals surface area contributed by atoms with Crippen molar-refractivity contribution < 1.29 is 8.78 Å². The first-order valence-electron chi connectivity index (χ1n) is 5.89. The smallest absolute Gasteiger partial charge is 0.130 e. The molecule has 1 aromatic carbocycles. The van der Waals surface area contributed by atoms with Crippen LogP contribution in [0.5, 0.6) is 0 Å². The second kappa shape index (κ2) is 6.31. The normalized spacial score (nSPS) is 18.5. The summed E-state index contributed by atoms with van der Waals surface area (Å²) in [6.45, 7) is 0. The first-order valence-corrected chi connectivity index (χ1v) is 5.89. The highest BCUT2D eigenvalue weighted by molar-refractivity contribution is 5.85. The SMILES string of the molecule is Cl.N[C@H](c1ccc(F)cc1F)C1CCCCC1. The van der Waals surface area contributed by atoms with Crippen LogP contribution in [0, 0.1) is 17.6 Å². The third-order valence-corrected chi connectivity index (χ3v) is 3.48. The second-order valence-corrected chi connectivity index (χ2v) is 4.59. The van der Waals surface area contributed by atoms with E-state index in [0.29, 0.717) is 11.5 Å². The summed E-state index contributed by atoms with van der Waals surface area (Å²) in [5.74, 6) is -0.719. The number of rotatable bonds is 2. The Morgan fingerprint density at radius 2 is 1.76 bits per heavy atom. The summed E-state index contributed by atoms with van der Waals surface area (Å²) in [5.41, 5.74) is 6.51. The van der Waals surface area contributed by atoms with Crippen molar-refractivity contribution in [2.75, 3.05) is 0 Å². The van der Waals surface area contributed by atoms with Crippen LogP contribution in [0.2, 0.25) is 0 Å². The van der Waals surface area contributed by atoms with Crippen LogP contribution < -0.4 is 5.73 Å². The molecule has 4 heteroatoms. The summed E-state index contributed by atoms with van der Waals surface area (Å²) in [6, 6.07) is 3.38. The molecule has 0 bridgehead atoms. The molecule has 1 nitrogen and oxygen atoms in total. The van der Waals surface area contributed by atoms with Gasteiger partial charge in [-0.15, -0.1) is 12.4 Å². The molecule has 1 saturated carbocycles. The summed E-state index contributed by atoms with van der Waals surface area (Å²) in [7, 11) is 0. The first kappa shape index (κ1) is 14.4. The highest BCUT2D eigenvalue weighted by Gasteiger charge is 2.23. The van der Waals surface area contributed by atoms with E-state index in [0.717, 1.165) is 18.9 Å². The van der Waals surface area contributed by atoms with E-state index >= 15 is 0 Å². The van der Waals surface area contributed by atoms with Crippen molar-refractivity contribution >= 4 is 12.4 Å². The van der Waals surface area contributed by atoms with Gasteiger partial charge < -0.3 is 5.73 Å². The number of benzene rings is 1. The molecule has 1 aromatic rings. The summed E-state index contributed by atoms with van der Waals surface area (Å²) >= 11 is 0. The highest BCUT2D eigenvalue weighted by atomic mass is 35.5. The maximum Gasteiger partial charge on any atom is 0.130 e. The van der Waals surface area contributed by atoms with Crippen LogP contribution in [0.15, 0.2) is 18.2 Å². The molecular weight excluding hydrogens is 244 g/mol. The lowest BCUT2D eigenvalue weighted by molar-refractivity contribution is 0.303. The summed E-state index contributed by atoms with van der Waals surface area (Å²) < 4.78 is 26.3. The topological polar surface area (TPSA) is 26.0 Å². The molecule has 0 spiro atoms. The van der Waals surface area contributed by atoms with Crippen LogP contribution in [0.3, 0.4) is 0 Å². The number of nitrogens with two attached hydrogens (primary N) is 1. The Bertz CT molecular complexity index is 364. The van der Waals surface area contributed by atoms with Gasteiger partial charge in [-0.05, 0) is 24.8 Å². The van der Waals surface area contributed by atoms with Crippen LogP contribution >= 0.6 is 12.4 Å². The molecule has 2 N–H and O–H groups in total. The molecule has 17 heavy (non-hydrogen) atoms. The van der Waals surface area contributed by atoms with Gasteiger partial charge in [-0.2, -0.15) is 0 Å². The zero-order valence-electron chi connectivity index (χ0n) is 9.66. The van der Waals surface area contributed by atoms with Crippen molar-refractivity contribution in [1.29, 1.82) is 0 Å². The average Bonchev–Trinajstić information content (AvgIpc) is 2.29. The second-order valence-electron chi connectivity index (χ2n) is 4.59. The van der Waals surface area contributed by atoms with E-state index in [1.807, 2.05) is 0 Å². The zero-order valence-corrected chi connectivity index (χ0v) is 10.5. The predicted octanol–water partition coefficient (Wildman–Crippen LogP) is 3.97. The first-order chi connectivity index (χ1) is 7.68. The Labute approximate surface area is 107 Å².